The molecule has 0 saturated carbocycles. The summed E-state index contributed by atoms with van der Waals surface area (Å²) in [4.78, 5) is 0. The van der Waals surface area contributed by atoms with Crippen molar-refractivity contribution in [1.82, 2.24) is 0 Å². The lowest BCUT2D eigenvalue weighted by atomic mass is 10.2. The van der Waals surface area contributed by atoms with E-state index >= 15 is 0 Å². The highest BCUT2D eigenvalue weighted by molar-refractivity contribution is 9.09. The Morgan fingerprint density at radius 2 is 1.93 bits per heavy atom. The number of rotatable bonds is 3. The van der Waals surface area contributed by atoms with Crippen molar-refractivity contribution in [3.8, 4) is 23.3 Å². The molecule has 3 heteroatoms. The van der Waals surface area contributed by atoms with Gasteiger partial charge in [-0.3, -0.25) is 0 Å². The molecule has 0 bridgehead atoms. The number of halogens is 1. The van der Waals surface area contributed by atoms with Gasteiger partial charge in [0.05, 0.1) is 14.2 Å². The van der Waals surface area contributed by atoms with Crippen LogP contribution in [0.4, 0.5) is 0 Å². The van der Waals surface area contributed by atoms with Gasteiger partial charge in [0.15, 0.2) is 11.5 Å². The molecule has 0 atom stereocenters. The van der Waals surface area contributed by atoms with Gasteiger partial charge in [-0.2, -0.15) is 0 Å². The van der Waals surface area contributed by atoms with Crippen LogP contribution in [0.15, 0.2) is 18.2 Å². The fourth-order valence-corrected chi connectivity index (χ4v) is 1.32. The number of hydrogen-bond acceptors (Lipinski definition) is 2. The zero-order valence-corrected chi connectivity index (χ0v) is 10.4. The summed E-state index contributed by atoms with van der Waals surface area (Å²) in [5, 5.41) is 0.896. The van der Waals surface area contributed by atoms with E-state index in [1.165, 1.54) is 0 Å². The van der Waals surface area contributed by atoms with Gasteiger partial charge in [-0.25, -0.2) is 0 Å². The third-order valence-electron chi connectivity index (χ3n) is 1.84. The Hall–Kier alpha value is -1.14. The first-order chi connectivity index (χ1) is 7.31. The van der Waals surface area contributed by atoms with Crippen LogP contribution in [0.1, 0.15) is 12.0 Å². The molecule has 0 N–H and O–H groups in total. The highest BCUT2D eigenvalue weighted by Gasteiger charge is 2.02. The second kappa shape index (κ2) is 6.36. The van der Waals surface area contributed by atoms with Crippen molar-refractivity contribution in [2.75, 3.05) is 19.5 Å². The monoisotopic (exact) mass is 268 g/mol. The molecule has 15 heavy (non-hydrogen) atoms. The van der Waals surface area contributed by atoms with Gasteiger partial charge in [0, 0.05) is 17.3 Å². The molecule has 2 nitrogen and oxygen atoms in total. The van der Waals surface area contributed by atoms with Gasteiger partial charge in [0.25, 0.3) is 0 Å². The lowest BCUT2D eigenvalue weighted by Gasteiger charge is -2.06. The van der Waals surface area contributed by atoms with Crippen molar-refractivity contribution >= 4 is 15.9 Å². The van der Waals surface area contributed by atoms with Crippen molar-refractivity contribution in [2.45, 2.75) is 6.42 Å². The number of hydrogen-bond donors (Lipinski definition) is 0. The van der Waals surface area contributed by atoms with Crippen molar-refractivity contribution in [3.05, 3.63) is 23.8 Å². The molecular formula is C12H13BrO2. The minimum Gasteiger partial charge on any atom is -0.493 e. The highest BCUT2D eigenvalue weighted by Crippen LogP contribution is 2.27. The largest absolute Gasteiger partial charge is 0.493 e. The molecule has 0 spiro atoms. The minimum absolute atomic E-state index is 0.711. The van der Waals surface area contributed by atoms with E-state index in [4.69, 9.17) is 9.47 Å². The van der Waals surface area contributed by atoms with E-state index in [0.717, 1.165) is 23.1 Å². The quantitative estimate of drug-likeness (QED) is 0.620. The Bertz CT molecular complexity index is 377. The number of methoxy groups -OCH3 is 2. The van der Waals surface area contributed by atoms with E-state index in [2.05, 4.69) is 27.8 Å². The van der Waals surface area contributed by atoms with Crippen LogP contribution in [-0.4, -0.2) is 19.5 Å². The smallest absolute Gasteiger partial charge is 0.161 e. The minimum atomic E-state index is 0.711. The highest BCUT2D eigenvalue weighted by atomic mass is 79.9. The van der Waals surface area contributed by atoms with Crippen molar-refractivity contribution in [3.63, 3.8) is 0 Å². The summed E-state index contributed by atoms with van der Waals surface area (Å²) in [6.07, 6.45) is 0.842. The molecule has 0 fully saturated rings. The fraction of sp³-hybridized carbons (Fsp3) is 0.333. The summed E-state index contributed by atoms with van der Waals surface area (Å²) >= 11 is 3.33. The van der Waals surface area contributed by atoms with Gasteiger partial charge in [-0.05, 0) is 18.2 Å². The molecule has 0 radical (unpaired) electrons. The Kier molecular flexibility index (Phi) is 5.06. The van der Waals surface area contributed by atoms with Crippen LogP contribution in [0.3, 0.4) is 0 Å². The van der Waals surface area contributed by atoms with Crippen LogP contribution >= 0.6 is 15.9 Å². The molecule has 0 unspecified atom stereocenters. The van der Waals surface area contributed by atoms with Crippen molar-refractivity contribution < 1.29 is 9.47 Å². The van der Waals surface area contributed by atoms with Crippen molar-refractivity contribution in [1.29, 1.82) is 0 Å². The van der Waals surface area contributed by atoms with Crippen LogP contribution < -0.4 is 9.47 Å². The third-order valence-corrected chi connectivity index (χ3v) is 2.23. The van der Waals surface area contributed by atoms with E-state index in [1.54, 1.807) is 14.2 Å². The van der Waals surface area contributed by atoms with E-state index in [9.17, 15) is 0 Å². The first-order valence-corrected chi connectivity index (χ1v) is 5.71. The Morgan fingerprint density at radius 3 is 2.53 bits per heavy atom. The predicted molar refractivity (Wildman–Crippen MR) is 64.8 cm³/mol. The van der Waals surface area contributed by atoms with Gasteiger partial charge in [-0.1, -0.05) is 27.8 Å². The van der Waals surface area contributed by atoms with Gasteiger partial charge in [0.1, 0.15) is 0 Å². The normalized spacial score (nSPS) is 9.00. The van der Waals surface area contributed by atoms with E-state index in [-0.39, 0.29) is 0 Å². The number of ether oxygens (including phenoxy) is 2. The number of benzene rings is 1. The molecule has 0 heterocycles. The van der Waals surface area contributed by atoms with Crippen LogP contribution in [0.2, 0.25) is 0 Å². The van der Waals surface area contributed by atoms with E-state index in [1.807, 2.05) is 18.2 Å². The van der Waals surface area contributed by atoms with Crippen LogP contribution in [0.25, 0.3) is 0 Å². The Labute approximate surface area is 98.7 Å². The van der Waals surface area contributed by atoms with E-state index in [0.29, 0.717) is 5.75 Å². The Morgan fingerprint density at radius 1 is 1.20 bits per heavy atom. The summed E-state index contributed by atoms with van der Waals surface area (Å²) in [5.41, 5.74) is 0.939. The SMILES string of the molecule is COc1ccc(C#CCCBr)cc1OC. The maximum atomic E-state index is 5.18. The molecule has 0 amide bonds. The number of alkyl halides is 1. The molecule has 0 saturated heterocycles. The molecule has 1 aromatic carbocycles. The average Bonchev–Trinajstić information content (AvgIpc) is 2.29. The summed E-state index contributed by atoms with van der Waals surface area (Å²) < 4.78 is 10.3. The predicted octanol–water partition coefficient (Wildman–Crippen LogP) is 2.84. The summed E-state index contributed by atoms with van der Waals surface area (Å²) in [6.45, 7) is 0. The zero-order valence-electron chi connectivity index (χ0n) is 8.84. The third kappa shape index (κ3) is 3.49. The molecule has 0 aromatic heterocycles. The summed E-state index contributed by atoms with van der Waals surface area (Å²) in [6, 6.07) is 5.65. The van der Waals surface area contributed by atoms with Gasteiger partial charge in [0.2, 0.25) is 0 Å². The first-order valence-electron chi connectivity index (χ1n) is 4.58. The molecule has 0 aliphatic heterocycles. The molecule has 1 rings (SSSR count). The fourth-order valence-electron chi connectivity index (χ4n) is 1.13. The van der Waals surface area contributed by atoms with Gasteiger partial charge >= 0.3 is 0 Å². The molecule has 0 aliphatic carbocycles. The van der Waals surface area contributed by atoms with Gasteiger partial charge in [-0.15, -0.1) is 0 Å². The second-order valence-electron chi connectivity index (χ2n) is 2.81. The van der Waals surface area contributed by atoms with Gasteiger partial charge < -0.3 is 9.47 Å². The molecule has 0 aliphatic rings. The van der Waals surface area contributed by atoms with Crippen LogP contribution in [0, 0.1) is 11.8 Å². The van der Waals surface area contributed by atoms with E-state index < -0.39 is 0 Å². The average molecular weight is 269 g/mol. The standard InChI is InChI=1S/C12H13BrO2/c1-14-11-7-6-10(5-3-4-8-13)9-12(11)15-2/h6-7,9H,4,8H2,1-2H3. The molecule has 80 valence electrons. The first kappa shape index (κ1) is 11.9. The lowest BCUT2D eigenvalue weighted by Crippen LogP contribution is -1.90. The maximum Gasteiger partial charge on any atom is 0.161 e. The molecular weight excluding hydrogens is 256 g/mol. The topological polar surface area (TPSA) is 18.5 Å². The zero-order chi connectivity index (χ0) is 11.1. The molecule has 1 aromatic rings. The van der Waals surface area contributed by atoms with Crippen molar-refractivity contribution in [2.24, 2.45) is 0 Å². The van der Waals surface area contributed by atoms with Crippen LogP contribution in [0.5, 0.6) is 11.5 Å². The summed E-state index contributed by atoms with van der Waals surface area (Å²) in [7, 11) is 3.24. The van der Waals surface area contributed by atoms with Crippen LogP contribution in [-0.2, 0) is 0 Å². The Balaban J connectivity index is 2.89. The lowest BCUT2D eigenvalue weighted by molar-refractivity contribution is 0.355. The second-order valence-corrected chi connectivity index (χ2v) is 3.60. The summed E-state index contributed by atoms with van der Waals surface area (Å²) in [5.74, 6) is 7.54. The maximum absolute atomic E-state index is 5.18.